The van der Waals surface area contributed by atoms with Gasteiger partial charge in [-0.1, -0.05) is 6.58 Å². The third-order valence-corrected chi connectivity index (χ3v) is 1.35. The average Bonchev–Trinajstić information content (AvgIpc) is 1.65. The van der Waals surface area contributed by atoms with Crippen LogP contribution in [0.25, 0.3) is 0 Å². The highest BCUT2D eigenvalue weighted by molar-refractivity contribution is 5.05. The summed E-state index contributed by atoms with van der Waals surface area (Å²) in [4.78, 5) is 2.15. The van der Waals surface area contributed by atoms with Gasteiger partial charge >= 0.3 is 0 Å². The van der Waals surface area contributed by atoms with Crippen LogP contribution < -0.4 is 0 Å². The summed E-state index contributed by atoms with van der Waals surface area (Å²) in [6.07, 6.45) is 1.17. The third kappa shape index (κ3) is 0.551. The zero-order chi connectivity index (χ0) is 5.28. The maximum absolute atomic E-state index is 3.53. The van der Waals surface area contributed by atoms with E-state index in [2.05, 4.69) is 24.3 Å². The lowest BCUT2D eigenvalue weighted by Gasteiger charge is -2.30. The second-order valence-corrected chi connectivity index (χ2v) is 1.80. The summed E-state index contributed by atoms with van der Waals surface area (Å²) in [6.45, 7) is 4.71. The first kappa shape index (κ1) is 4.48. The minimum Gasteiger partial charge on any atom is -0.371 e. The molecule has 1 nitrogen and oxygen atoms in total. The number of hydrogen-bond acceptors (Lipinski definition) is 1. The molecule has 0 N–H and O–H groups in total. The Morgan fingerprint density at radius 2 is 2.57 bits per heavy atom. The van der Waals surface area contributed by atoms with Crippen LogP contribution >= 0.6 is 0 Å². The maximum atomic E-state index is 3.53. The van der Waals surface area contributed by atoms with E-state index in [9.17, 15) is 0 Å². The minimum atomic E-state index is 1.17. The van der Waals surface area contributed by atoms with E-state index in [1.165, 1.54) is 18.7 Å². The van der Waals surface area contributed by atoms with Crippen LogP contribution in [0, 0.1) is 0 Å². The molecule has 0 atom stereocenters. The molecular formula is C6H9N. The molecule has 1 heteroatoms. The topological polar surface area (TPSA) is 3.24 Å². The van der Waals surface area contributed by atoms with Crippen LogP contribution in [0.4, 0.5) is 0 Å². The lowest BCUT2D eigenvalue weighted by Crippen LogP contribution is -2.29. The first-order valence-corrected chi connectivity index (χ1v) is 2.44. The van der Waals surface area contributed by atoms with Gasteiger partial charge in [-0.15, -0.1) is 5.73 Å². The zero-order valence-corrected chi connectivity index (χ0v) is 4.57. The molecule has 0 saturated carbocycles. The van der Waals surface area contributed by atoms with Gasteiger partial charge in [-0.2, -0.15) is 0 Å². The summed E-state index contributed by atoms with van der Waals surface area (Å²) in [7, 11) is 2.05. The predicted molar refractivity (Wildman–Crippen MR) is 29.9 cm³/mol. The van der Waals surface area contributed by atoms with Crippen LogP contribution in [0.2, 0.25) is 0 Å². The Morgan fingerprint density at radius 3 is 2.57 bits per heavy atom. The molecule has 0 bridgehead atoms. The molecular weight excluding hydrogens is 86.1 g/mol. The minimum absolute atomic E-state index is 1.17. The molecule has 0 spiro atoms. The van der Waals surface area contributed by atoms with Gasteiger partial charge in [-0.3, -0.25) is 0 Å². The zero-order valence-electron chi connectivity index (χ0n) is 4.57. The molecule has 0 aromatic heterocycles. The largest absolute Gasteiger partial charge is 0.371 e. The van der Waals surface area contributed by atoms with E-state index in [0.717, 1.165) is 0 Å². The fourth-order valence-electron chi connectivity index (χ4n) is 0.671. The molecule has 0 amide bonds. The van der Waals surface area contributed by atoms with Crippen LogP contribution in [-0.4, -0.2) is 18.5 Å². The Kier molecular flexibility index (Phi) is 0.918. The molecule has 1 saturated heterocycles. The standard InChI is InChI=1S/C6H9N/c1-3-6-4-5-7(6)2/h1,4-5H2,2H3. The SMILES string of the molecule is C=C=C1CCN1C. The Morgan fingerprint density at radius 1 is 1.86 bits per heavy atom. The van der Waals surface area contributed by atoms with Crippen LogP contribution in [0.15, 0.2) is 18.0 Å². The van der Waals surface area contributed by atoms with Gasteiger partial charge < -0.3 is 4.90 Å². The summed E-state index contributed by atoms with van der Waals surface area (Å²) < 4.78 is 0. The van der Waals surface area contributed by atoms with Gasteiger partial charge in [0.1, 0.15) is 0 Å². The van der Waals surface area contributed by atoms with Crippen molar-refractivity contribution in [3.05, 3.63) is 18.0 Å². The lowest BCUT2D eigenvalue weighted by atomic mass is 10.2. The molecule has 1 heterocycles. The Labute approximate surface area is 43.9 Å². The fourth-order valence-corrected chi connectivity index (χ4v) is 0.671. The molecule has 7 heavy (non-hydrogen) atoms. The van der Waals surface area contributed by atoms with Gasteiger partial charge in [0.25, 0.3) is 0 Å². The van der Waals surface area contributed by atoms with Gasteiger partial charge in [-0.05, 0) is 0 Å². The van der Waals surface area contributed by atoms with Gasteiger partial charge in [-0.25, -0.2) is 0 Å². The summed E-state index contributed by atoms with van der Waals surface area (Å²) in [5, 5.41) is 0. The van der Waals surface area contributed by atoms with Crippen molar-refractivity contribution >= 4 is 0 Å². The average molecular weight is 95.1 g/mol. The number of hydrogen-bond donors (Lipinski definition) is 0. The molecule has 0 radical (unpaired) electrons. The van der Waals surface area contributed by atoms with E-state index in [-0.39, 0.29) is 0 Å². The molecule has 1 aliphatic heterocycles. The summed E-state index contributed by atoms with van der Waals surface area (Å²) in [5.41, 5.74) is 4.09. The van der Waals surface area contributed by atoms with E-state index >= 15 is 0 Å². The van der Waals surface area contributed by atoms with E-state index in [1.54, 1.807) is 0 Å². The molecule has 0 aromatic rings. The highest BCUT2D eigenvalue weighted by Crippen LogP contribution is 2.15. The van der Waals surface area contributed by atoms with Gasteiger partial charge in [0.2, 0.25) is 0 Å². The monoisotopic (exact) mass is 95.1 g/mol. The highest BCUT2D eigenvalue weighted by Gasteiger charge is 2.12. The Balaban J connectivity index is 2.60. The second-order valence-electron chi connectivity index (χ2n) is 1.80. The smallest absolute Gasteiger partial charge is 0.0573 e. The van der Waals surface area contributed by atoms with Crippen molar-refractivity contribution in [3.8, 4) is 0 Å². The Hall–Kier alpha value is -0.680. The van der Waals surface area contributed by atoms with Crippen molar-refractivity contribution in [3.63, 3.8) is 0 Å². The van der Waals surface area contributed by atoms with Crippen molar-refractivity contribution in [2.24, 2.45) is 0 Å². The molecule has 1 rings (SSSR count). The van der Waals surface area contributed by atoms with Crippen molar-refractivity contribution in [2.45, 2.75) is 6.42 Å². The van der Waals surface area contributed by atoms with E-state index in [1.807, 2.05) is 0 Å². The van der Waals surface area contributed by atoms with Crippen molar-refractivity contribution in [1.29, 1.82) is 0 Å². The number of nitrogens with zero attached hydrogens (tertiary/aromatic N) is 1. The van der Waals surface area contributed by atoms with E-state index < -0.39 is 0 Å². The first-order valence-electron chi connectivity index (χ1n) is 2.44. The second kappa shape index (κ2) is 1.43. The Bertz CT molecular complexity index is 120. The normalized spacial score (nSPS) is 18.4. The summed E-state index contributed by atoms with van der Waals surface area (Å²) in [6, 6.07) is 0. The van der Waals surface area contributed by atoms with E-state index in [4.69, 9.17) is 0 Å². The molecule has 0 aliphatic carbocycles. The summed E-state index contributed by atoms with van der Waals surface area (Å²) in [5.74, 6) is 0. The van der Waals surface area contributed by atoms with Gasteiger partial charge in [0, 0.05) is 20.0 Å². The van der Waals surface area contributed by atoms with Crippen LogP contribution in [0.1, 0.15) is 6.42 Å². The van der Waals surface area contributed by atoms with Crippen LogP contribution in [-0.2, 0) is 0 Å². The van der Waals surface area contributed by atoms with Crippen LogP contribution in [0.5, 0.6) is 0 Å². The van der Waals surface area contributed by atoms with Gasteiger partial charge in [0.05, 0.1) is 5.70 Å². The summed E-state index contributed by atoms with van der Waals surface area (Å²) >= 11 is 0. The van der Waals surface area contributed by atoms with Crippen molar-refractivity contribution in [2.75, 3.05) is 13.6 Å². The molecule has 0 unspecified atom stereocenters. The predicted octanol–water partition coefficient (Wildman–Crippen LogP) is 0.991. The molecule has 1 fully saturated rings. The van der Waals surface area contributed by atoms with Crippen molar-refractivity contribution in [1.82, 2.24) is 4.90 Å². The maximum Gasteiger partial charge on any atom is 0.0573 e. The molecule has 38 valence electrons. The third-order valence-electron chi connectivity index (χ3n) is 1.35. The number of rotatable bonds is 0. The van der Waals surface area contributed by atoms with E-state index in [0.29, 0.717) is 0 Å². The highest BCUT2D eigenvalue weighted by atomic mass is 15.2. The molecule has 0 aromatic carbocycles. The lowest BCUT2D eigenvalue weighted by molar-refractivity contribution is 0.314. The van der Waals surface area contributed by atoms with Crippen LogP contribution in [0.3, 0.4) is 0 Å². The quantitative estimate of drug-likeness (QED) is 0.405. The van der Waals surface area contributed by atoms with Crippen molar-refractivity contribution < 1.29 is 0 Å². The molecule has 1 aliphatic rings. The first-order chi connectivity index (χ1) is 3.34. The fraction of sp³-hybridized carbons (Fsp3) is 0.500. The van der Waals surface area contributed by atoms with Gasteiger partial charge in [0.15, 0.2) is 0 Å². The number of likely N-dealkylation sites (tertiary alicyclic amines) is 1.